The number of nitrogens with one attached hydrogen (secondary N) is 1. The predicted octanol–water partition coefficient (Wildman–Crippen LogP) is 4.56. The number of carbonyl (C=O) groups is 2. The largest absolute Gasteiger partial charge is 0.494 e. The zero-order valence-electron chi connectivity index (χ0n) is 15.1. The molecule has 0 fully saturated rings. The minimum atomic E-state index is -0.000437. The first-order chi connectivity index (χ1) is 12.0. The molecule has 0 heterocycles. The lowest BCUT2D eigenvalue weighted by atomic mass is 10.1. The average molecular weight is 339 g/mol. The van der Waals surface area contributed by atoms with Gasteiger partial charge in [-0.3, -0.25) is 9.59 Å². The van der Waals surface area contributed by atoms with Crippen LogP contribution in [0.1, 0.15) is 48.2 Å². The third-order valence-electron chi connectivity index (χ3n) is 4.08. The molecule has 0 aliphatic carbocycles. The molecule has 25 heavy (non-hydrogen) atoms. The lowest BCUT2D eigenvalue weighted by Crippen LogP contribution is -2.15. The summed E-state index contributed by atoms with van der Waals surface area (Å²) in [5, 5.41) is 3.02. The highest BCUT2D eigenvalue weighted by Gasteiger charge is 2.08. The number of anilines is 1. The van der Waals surface area contributed by atoms with Crippen LogP contribution >= 0.6 is 0 Å². The van der Waals surface area contributed by atoms with E-state index >= 15 is 0 Å². The molecule has 1 amide bonds. The Morgan fingerprint density at radius 2 is 1.80 bits per heavy atom. The van der Waals surface area contributed by atoms with Crippen molar-refractivity contribution < 1.29 is 14.3 Å². The summed E-state index contributed by atoms with van der Waals surface area (Å²) in [5.74, 6) is 0.739. The number of hydrogen-bond acceptors (Lipinski definition) is 3. The van der Waals surface area contributed by atoms with Gasteiger partial charge < -0.3 is 10.1 Å². The Bertz CT molecular complexity index is 735. The number of amides is 1. The molecule has 132 valence electrons. The fourth-order valence-electron chi connectivity index (χ4n) is 2.61. The number of ether oxygens (including phenoxy) is 1. The van der Waals surface area contributed by atoms with Gasteiger partial charge in [0.25, 0.3) is 0 Å². The molecule has 0 bridgehead atoms. The molecule has 2 aromatic carbocycles. The summed E-state index contributed by atoms with van der Waals surface area (Å²) in [6.07, 6.45) is 1.92. The van der Waals surface area contributed by atoms with Crippen LogP contribution in [0.15, 0.2) is 42.5 Å². The van der Waals surface area contributed by atoms with Gasteiger partial charge in [0.1, 0.15) is 5.75 Å². The second-order valence-corrected chi connectivity index (χ2v) is 6.04. The van der Waals surface area contributed by atoms with Crippen molar-refractivity contribution in [1.82, 2.24) is 0 Å². The molecule has 2 rings (SSSR count). The van der Waals surface area contributed by atoms with Crippen molar-refractivity contribution in [2.45, 2.75) is 40.0 Å². The molecule has 4 nitrogen and oxygen atoms in total. The Balaban J connectivity index is 1.78. The summed E-state index contributed by atoms with van der Waals surface area (Å²) in [5.41, 5.74) is 3.82. The normalized spacial score (nSPS) is 10.4. The van der Waals surface area contributed by atoms with Gasteiger partial charge in [0.15, 0.2) is 5.78 Å². The molecule has 4 heteroatoms. The van der Waals surface area contributed by atoms with Crippen molar-refractivity contribution in [3.8, 4) is 5.75 Å². The van der Waals surface area contributed by atoms with Gasteiger partial charge in [0.2, 0.25) is 5.91 Å². The van der Waals surface area contributed by atoms with Crippen LogP contribution in [0.5, 0.6) is 5.75 Å². The molecule has 0 spiro atoms. The molecular formula is C21H25NO3. The van der Waals surface area contributed by atoms with Gasteiger partial charge in [0.05, 0.1) is 6.61 Å². The molecule has 2 aromatic rings. The molecule has 0 atom stereocenters. The molecule has 0 unspecified atom stereocenters. The van der Waals surface area contributed by atoms with Crippen molar-refractivity contribution in [2.24, 2.45) is 0 Å². The Morgan fingerprint density at radius 3 is 2.44 bits per heavy atom. The van der Waals surface area contributed by atoms with Crippen molar-refractivity contribution in [3.05, 3.63) is 59.2 Å². The molecule has 1 N–H and O–H groups in total. The van der Waals surface area contributed by atoms with E-state index in [-0.39, 0.29) is 11.7 Å². The van der Waals surface area contributed by atoms with Gasteiger partial charge in [0, 0.05) is 17.7 Å². The van der Waals surface area contributed by atoms with Crippen LogP contribution in [0.2, 0.25) is 0 Å². The van der Waals surface area contributed by atoms with Crippen LogP contribution in [-0.4, -0.2) is 18.3 Å². The van der Waals surface area contributed by atoms with E-state index in [1.165, 1.54) is 6.92 Å². The van der Waals surface area contributed by atoms with Crippen molar-refractivity contribution in [2.75, 3.05) is 11.9 Å². The van der Waals surface area contributed by atoms with Crippen LogP contribution in [0, 0.1) is 6.92 Å². The minimum absolute atomic E-state index is 0.000437. The summed E-state index contributed by atoms with van der Waals surface area (Å²) in [6, 6.07) is 13.1. The molecule has 0 aliphatic rings. The first-order valence-electron chi connectivity index (χ1n) is 8.63. The lowest BCUT2D eigenvalue weighted by Gasteiger charge is -2.13. The van der Waals surface area contributed by atoms with Crippen molar-refractivity contribution >= 4 is 17.4 Å². The highest BCUT2D eigenvalue weighted by atomic mass is 16.5. The number of benzene rings is 2. The lowest BCUT2D eigenvalue weighted by molar-refractivity contribution is -0.116. The molecular weight excluding hydrogens is 314 g/mol. The van der Waals surface area contributed by atoms with Crippen LogP contribution in [-0.2, 0) is 11.2 Å². The van der Waals surface area contributed by atoms with E-state index in [2.05, 4.69) is 12.2 Å². The summed E-state index contributed by atoms with van der Waals surface area (Å²) in [7, 11) is 0. The number of ketones is 1. The Labute approximate surface area is 149 Å². The van der Waals surface area contributed by atoms with E-state index in [9.17, 15) is 9.59 Å². The number of carbonyl (C=O) groups excluding carboxylic acids is 2. The fraction of sp³-hybridized carbons (Fsp3) is 0.333. The molecule has 0 saturated carbocycles. The summed E-state index contributed by atoms with van der Waals surface area (Å²) < 4.78 is 5.62. The molecule has 0 radical (unpaired) electrons. The van der Waals surface area contributed by atoms with Gasteiger partial charge in [-0.1, -0.05) is 25.1 Å². The number of para-hydroxylation sites is 1. The second kappa shape index (κ2) is 9.02. The fourth-order valence-corrected chi connectivity index (χ4v) is 2.61. The van der Waals surface area contributed by atoms with E-state index in [1.54, 1.807) is 24.3 Å². The zero-order chi connectivity index (χ0) is 18.2. The van der Waals surface area contributed by atoms with Gasteiger partial charge in [-0.2, -0.15) is 0 Å². The number of rotatable bonds is 8. The van der Waals surface area contributed by atoms with Crippen molar-refractivity contribution in [1.29, 1.82) is 0 Å². The maximum Gasteiger partial charge on any atom is 0.224 e. The third-order valence-corrected chi connectivity index (χ3v) is 4.08. The smallest absolute Gasteiger partial charge is 0.224 e. The van der Waals surface area contributed by atoms with E-state index in [1.807, 2.05) is 25.1 Å². The Hall–Kier alpha value is -2.62. The Morgan fingerprint density at radius 1 is 1.08 bits per heavy atom. The van der Waals surface area contributed by atoms with E-state index in [0.717, 1.165) is 23.2 Å². The van der Waals surface area contributed by atoms with Crippen LogP contribution in [0.3, 0.4) is 0 Å². The minimum Gasteiger partial charge on any atom is -0.494 e. The number of hydrogen-bond donors (Lipinski definition) is 1. The highest BCUT2D eigenvalue weighted by Crippen LogP contribution is 2.21. The monoisotopic (exact) mass is 339 g/mol. The van der Waals surface area contributed by atoms with Gasteiger partial charge in [-0.15, -0.1) is 0 Å². The SMILES string of the molecule is CCc1cccc(C)c1NC(=O)CCCOc1ccc(C(C)=O)cc1. The maximum absolute atomic E-state index is 12.2. The Kier molecular flexibility index (Phi) is 6.75. The van der Waals surface area contributed by atoms with Gasteiger partial charge in [-0.25, -0.2) is 0 Å². The highest BCUT2D eigenvalue weighted by molar-refractivity contribution is 5.94. The molecule has 0 aromatic heterocycles. The third kappa shape index (κ3) is 5.45. The summed E-state index contributed by atoms with van der Waals surface area (Å²) in [4.78, 5) is 23.4. The maximum atomic E-state index is 12.2. The van der Waals surface area contributed by atoms with E-state index < -0.39 is 0 Å². The first kappa shape index (κ1) is 18.7. The molecule has 0 aliphatic heterocycles. The average Bonchev–Trinajstić information content (AvgIpc) is 2.61. The van der Waals surface area contributed by atoms with E-state index in [0.29, 0.717) is 30.8 Å². The number of Topliss-reactive ketones (excluding diaryl/α,β-unsaturated/α-hetero) is 1. The zero-order valence-corrected chi connectivity index (χ0v) is 15.1. The first-order valence-corrected chi connectivity index (χ1v) is 8.63. The number of aryl methyl sites for hydroxylation is 2. The summed E-state index contributed by atoms with van der Waals surface area (Å²) >= 11 is 0. The van der Waals surface area contributed by atoms with Gasteiger partial charge in [-0.05, 0) is 62.1 Å². The predicted molar refractivity (Wildman–Crippen MR) is 100 cm³/mol. The quantitative estimate of drug-likeness (QED) is 0.567. The van der Waals surface area contributed by atoms with Crippen LogP contribution in [0.25, 0.3) is 0 Å². The van der Waals surface area contributed by atoms with Gasteiger partial charge >= 0.3 is 0 Å². The molecule has 0 saturated heterocycles. The van der Waals surface area contributed by atoms with Crippen LogP contribution in [0.4, 0.5) is 5.69 Å². The second-order valence-electron chi connectivity index (χ2n) is 6.04. The van der Waals surface area contributed by atoms with E-state index in [4.69, 9.17) is 4.74 Å². The van der Waals surface area contributed by atoms with Crippen molar-refractivity contribution in [3.63, 3.8) is 0 Å². The topological polar surface area (TPSA) is 55.4 Å². The standard InChI is InChI=1S/C21H25NO3/c1-4-17-8-5-7-15(2)21(17)22-20(24)9-6-14-25-19-12-10-18(11-13-19)16(3)23/h5,7-8,10-13H,4,6,9,14H2,1-3H3,(H,22,24). The summed E-state index contributed by atoms with van der Waals surface area (Å²) in [6.45, 7) is 6.08. The van der Waals surface area contributed by atoms with Crippen LogP contribution < -0.4 is 10.1 Å².